The lowest BCUT2D eigenvalue weighted by Gasteiger charge is -2.26. The molecule has 1 aliphatic rings. The van der Waals surface area contributed by atoms with E-state index >= 15 is 0 Å². The Kier molecular flexibility index (Phi) is 6.87. The fourth-order valence-corrected chi connectivity index (χ4v) is 4.77. The average Bonchev–Trinajstić information content (AvgIpc) is 2.78. The molecule has 0 bridgehead atoms. The first-order valence-corrected chi connectivity index (χ1v) is 11.1. The summed E-state index contributed by atoms with van der Waals surface area (Å²) in [6.07, 6.45) is 4.18. The topological polar surface area (TPSA) is 99.5 Å². The Balaban J connectivity index is 1.78. The first-order valence-electron chi connectivity index (χ1n) is 9.61. The zero-order chi connectivity index (χ0) is 21.6. The van der Waals surface area contributed by atoms with Crippen molar-refractivity contribution in [2.45, 2.75) is 24.2 Å². The summed E-state index contributed by atoms with van der Waals surface area (Å²) in [6, 6.07) is 14.9. The third kappa shape index (κ3) is 5.06. The summed E-state index contributed by atoms with van der Waals surface area (Å²) in [5, 5.41) is 12.0. The molecule has 1 aliphatic heterocycles. The van der Waals surface area contributed by atoms with Gasteiger partial charge in [-0.15, -0.1) is 0 Å². The highest BCUT2D eigenvalue weighted by molar-refractivity contribution is 7.89. The fourth-order valence-electron chi connectivity index (χ4n) is 3.20. The van der Waals surface area contributed by atoms with E-state index in [9.17, 15) is 18.5 Å². The van der Waals surface area contributed by atoms with Gasteiger partial charge in [-0.05, 0) is 54.8 Å². The van der Waals surface area contributed by atoms with Crippen molar-refractivity contribution in [1.29, 1.82) is 5.26 Å². The van der Waals surface area contributed by atoms with Crippen LogP contribution in [-0.2, 0) is 14.8 Å². The first-order chi connectivity index (χ1) is 14.4. The van der Waals surface area contributed by atoms with Crippen LogP contribution < -0.4 is 10.1 Å². The number of anilines is 1. The van der Waals surface area contributed by atoms with Gasteiger partial charge >= 0.3 is 0 Å². The Bertz CT molecular complexity index is 1080. The van der Waals surface area contributed by atoms with Crippen molar-refractivity contribution >= 4 is 27.7 Å². The number of hydrogen-bond donors (Lipinski definition) is 1. The van der Waals surface area contributed by atoms with Crippen molar-refractivity contribution in [3.8, 4) is 11.8 Å². The second-order valence-corrected chi connectivity index (χ2v) is 8.83. The van der Waals surface area contributed by atoms with Gasteiger partial charge in [0.2, 0.25) is 10.0 Å². The van der Waals surface area contributed by atoms with Gasteiger partial charge in [-0.3, -0.25) is 4.79 Å². The molecule has 156 valence electrons. The van der Waals surface area contributed by atoms with Crippen molar-refractivity contribution in [3.05, 3.63) is 59.7 Å². The quantitative estimate of drug-likeness (QED) is 0.565. The van der Waals surface area contributed by atoms with Gasteiger partial charge < -0.3 is 10.1 Å². The lowest BCUT2D eigenvalue weighted by atomic mass is 10.1. The third-order valence-corrected chi connectivity index (χ3v) is 6.73. The van der Waals surface area contributed by atoms with Gasteiger partial charge in [0.15, 0.2) is 0 Å². The molecule has 8 heteroatoms. The van der Waals surface area contributed by atoms with E-state index in [-0.39, 0.29) is 10.5 Å². The number of rotatable bonds is 6. The predicted molar refractivity (Wildman–Crippen MR) is 114 cm³/mol. The van der Waals surface area contributed by atoms with E-state index in [0.717, 1.165) is 19.3 Å². The molecule has 0 radical (unpaired) electrons. The van der Waals surface area contributed by atoms with Crippen LogP contribution >= 0.6 is 0 Å². The van der Waals surface area contributed by atoms with Gasteiger partial charge in [-0.1, -0.05) is 24.6 Å². The summed E-state index contributed by atoms with van der Waals surface area (Å²) in [6.45, 7) is 1.00. The second kappa shape index (κ2) is 9.57. The molecular weight excluding hydrogens is 402 g/mol. The van der Waals surface area contributed by atoms with Crippen LogP contribution in [0, 0.1) is 11.3 Å². The van der Waals surface area contributed by atoms with Crippen molar-refractivity contribution in [2.24, 2.45) is 0 Å². The van der Waals surface area contributed by atoms with Crippen LogP contribution in [0.15, 0.2) is 59.0 Å². The molecule has 0 unspecified atom stereocenters. The summed E-state index contributed by atoms with van der Waals surface area (Å²) in [7, 11) is -2.06. The van der Waals surface area contributed by atoms with Gasteiger partial charge in [-0.25, -0.2) is 8.42 Å². The summed E-state index contributed by atoms with van der Waals surface area (Å²) in [5.74, 6) is 0.0580. The van der Waals surface area contributed by atoms with E-state index in [1.54, 1.807) is 43.5 Å². The number of amides is 1. The Labute approximate surface area is 176 Å². The SMILES string of the molecule is COc1ccc(C=C(C#N)C(=O)Nc2cccc(S(=O)(=O)N3CCCCC3)c2)cc1. The number of methoxy groups -OCH3 is 1. The number of hydrogen-bond acceptors (Lipinski definition) is 5. The minimum absolute atomic E-state index is 0.0931. The lowest BCUT2D eigenvalue weighted by Crippen LogP contribution is -2.35. The molecule has 1 N–H and O–H groups in total. The standard InChI is InChI=1S/C22H23N3O4S/c1-29-20-10-8-17(9-11-20)14-18(16-23)22(26)24-19-6-5-7-21(15-19)30(27,28)25-12-3-2-4-13-25/h5-11,14-15H,2-4,12-13H2,1H3,(H,24,26). The molecule has 0 spiro atoms. The number of carbonyl (C=O) groups excluding carboxylic acids is 1. The molecule has 7 nitrogen and oxygen atoms in total. The van der Waals surface area contributed by atoms with Crippen LogP contribution in [0.5, 0.6) is 5.75 Å². The maximum atomic E-state index is 12.8. The minimum Gasteiger partial charge on any atom is -0.497 e. The number of sulfonamides is 1. The molecular formula is C22H23N3O4S. The van der Waals surface area contributed by atoms with Crippen molar-refractivity contribution in [1.82, 2.24) is 4.31 Å². The highest BCUT2D eigenvalue weighted by atomic mass is 32.2. The molecule has 0 aliphatic carbocycles. The molecule has 1 saturated heterocycles. The van der Waals surface area contributed by atoms with Crippen LogP contribution in [0.4, 0.5) is 5.69 Å². The van der Waals surface area contributed by atoms with Crippen LogP contribution in [0.3, 0.4) is 0 Å². The number of nitrogens with zero attached hydrogens (tertiary/aromatic N) is 2. The zero-order valence-corrected chi connectivity index (χ0v) is 17.5. The number of carbonyl (C=O) groups is 1. The molecule has 0 saturated carbocycles. The number of nitriles is 1. The summed E-state index contributed by atoms with van der Waals surface area (Å²) in [4.78, 5) is 12.7. The summed E-state index contributed by atoms with van der Waals surface area (Å²) in [5.41, 5.74) is 0.891. The van der Waals surface area contributed by atoms with Crippen molar-refractivity contribution in [3.63, 3.8) is 0 Å². The van der Waals surface area contributed by atoms with Crippen LogP contribution in [0.25, 0.3) is 6.08 Å². The van der Waals surface area contributed by atoms with Crippen molar-refractivity contribution < 1.29 is 17.9 Å². The van der Waals surface area contributed by atoms with E-state index < -0.39 is 15.9 Å². The normalized spacial score (nSPS) is 15.3. The zero-order valence-electron chi connectivity index (χ0n) is 16.7. The molecule has 2 aromatic carbocycles. The fraction of sp³-hybridized carbons (Fsp3) is 0.273. The summed E-state index contributed by atoms with van der Waals surface area (Å²) >= 11 is 0. The second-order valence-electron chi connectivity index (χ2n) is 6.89. The van der Waals surface area contributed by atoms with Gasteiger partial charge in [0.1, 0.15) is 17.4 Å². The number of benzene rings is 2. The highest BCUT2D eigenvalue weighted by Gasteiger charge is 2.26. The molecule has 1 heterocycles. The molecule has 0 atom stereocenters. The van der Waals surface area contributed by atoms with E-state index in [0.29, 0.717) is 30.1 Å². The Morgan fingerprint density at radius 1 is 1.13 bits per heavy atom. The molecule has 0 aromatic heterocycles. The largest absolute Gasteiger partial charge is 0.497 e. The van der Waals surface area contributed by atoms with E-state index in [2.05, 4.69) is 5.32 Å². The van der Waals surface area contributed by atoms with Crippen LogP contribution in [0.2, 0.25) is 0 Å². The maximum absolute atomic E-state index is 12.8. The smallest absolute Gasteiger partial charge is 0.266 e. The van der Waals surface area contributed by atoms with E-state index in [4.69, 9.17) is 4.74 Å². The van der Waals surface area contributed by atoms with Crippen molar-refractivity contribution in [2.75, 3.05) is 25.5 Å². The number of ether oxygens (including phenoxy) is 1. The van der Waals surface area contributed by atoms with Gasteiger partial charge in [0.25, 0.3) is 5.91 Å². The van der Waals surface area contributed by atoms with Crippen LogP contribution in [-0.4, -0.2) is 38.8 Å². The Morgan fingerprint density at radius 2 is 1.83 bits per heavy atom. The number of piperidine rings is 1. The van der Waals surface area contributed by atoms with Gasteiger partial charge in [0.05, 0.1) is 12.0 Å². The Hall–Kier alpha value is -3.15. The maximum Gasteiger partial charge on any atom is 0.266 e. The van der Waals surface area contributed by atoms with E-state index in [1.165, 1.54) is 22.5 Å². The minimum atomic E-state index is -3.61. The average molecular weight is 426 g/mol. The Morgan fingerprint density at radius 3 is 2.47 bits per heavy atom. The third-order valence-electron chi connectivity index (χ3n) is 4.84. The first kappa shape index (κ1) is 21.6. The summed E-state index contributed by atoms with van der Waals surface area (Å²) < 4.78 is 32.3. The van der Waals surface area contributed by atoms with Gasteiger partial charge in [-0.2, -0.15) is 9.57 Å². The monoisotopic (exact) mass is 425 g/mol. The molecule has 30 heavy (non-hydrogen) atoms. The van der Waals surface area contributed by atoms with Crippen LogP contribution in [0.1, 0.15) is 24.8 Å². The predicted octanol–water partition coefficient (Wildman–Crippen LogP) is 3.42. The molecule has 3 rings (SSSR count). The van der Waals surface area contributed by atoms with E-state index in [1.807, 2.05) is 6.07 Å². The molecule has 1 fully saturated rings. The highest BCUT2D eigenvalue weighted by Crippen LogP contribution is 2.23. The van der Waals surface area contributed by atoms with Gasteiger partial charge in [0, 0.05) is 18.8 Å². The molecule has 1 amide bonds. The molecule has 2 aromatic rings. The lowest BCUT2D eigenvalue weighted by molar-refractivity contribution is -0.112. The number of nitrogens with one attached hydrogen (secondary N) is 1.